The minimum Gasteiger partial charge on any atom is -0.315 e. The fourth-order valence-corrected chi connectivity index (χ4v) is 1.67. The molecule has 1 aromatic heterocycles. The van der Waals surface area contributed by atoms with Gasteiger partial charge in [-0.1, -0.05) is 6.92 Å². The van der Waals surface area contributed by atoms with Crippen LogP contribution >= 0.6 is 0 Å². The van der Waals surface area contributed by atoms with Gasteiger partial charge in [0.05, 0.1) is 6.54 Å². The van der Waals surface area contributed by atoms with Crippen molar-refractivity contribution in [1.29, 1.82) is 0 Å². The first kappa shape index (κ1) is 12.4. The summed E-state index contributed by atoms with van der Waals surface area (Å²) in [4.78, 5) is 0. The molecular formula is C10H19N3OS. The maximum absolute atomic E-state index is 11.1. The van der Waals surface area contributed by atoms with E-state index in [1.807, 2.05) is 23.9 Å². The monoisotopic (exact) mass is 229 g/mol. The fraction of sp³-hybridized carbons (Fsp3) is 0.700. The number of hydrogen-bond acceptors (Lipinski definition) is 3. The van der Waals surface area contributed by atoms with Crippen molar-refractivity contribution in [2.75, 3.05) is 19.3 Å². The number of nitrogens with zero attached hydrogens (tertiary/aromatic N) is 2. The first-order valence-corrected chi connectivity index (χ1v) is 6.82. The standard InChI is InChI=1S/C10H19N3OS/c1-10(15(2)14)4-6-11-7-9-13-8-3-5-12-13/h3,5,8,10-11H,4,6-7,9H2,1-2H3. The Bertz CT molecular complexity index is 287. The molecule has 2 atom stereocenters. The van der Waals surface area contributed by atoms with Crippen molar-refractivity contribution in [3.05, 3.63) is 18.5 Å². The zero-order valence-electron chi connectivity index (χ0n) is 9.35. The molecule has 1 rings (SSSR count). The third kappa shape index (κ3) is 5.09. The highest BCUT2D eigenvalue weighted by Crippen LogP contribution is 1.96. The van der Waals surface area contributed by atoms with Crippen LogP contribution in [0.1, 0.15) is 13.3 Å². The van der Waals surface area contributed by atoms with Crippen LogP contribution in [0, 0.1) is 0 Å². The Labute approximate surface area is 93.5 Å². The molecule has 0 bridgehead atoms. The van der Waals surface area contributed by atoms with Crippen LogP contribution in [0.4, 0.5) is 0 Å². The molecule has 4 nitrogen and oxygen atoms in total. The summed E-state index contributed by atoms with van der Waals surface area (Å²) >= 11 is 0. The molecule has 1 N–H and O–H groups in total. The van der Waals surface area contributed by atoms with Gasteiger partial charge in [-0.05, 0) is 19.0 Å². The molecule has 86 valence electrons. The molecule has 0 aliphatic rings. The summed E-state index contributed by atoms with van der Waals surface area (Å²) in [5.41, 5.74) is 0. The van der Waals surface area contributed by atoms with Gasteiger partial charge in [-0.15, -0.1) is 0 Å². The van der Waals surface area contributed by atoms with E-state index in [9.17, 15) is 4.21 Å². The predicted octanol–water partition coefficient (Wildman–Crippen LogP) is 0.630. The van der Waals surface area contributed by atoms with E-state index < -0.39 is 10.8 Å². The van der Waals surface area contributed by atoms with Crippen LogP contribution in [0.25, 0.3) is 0 Å². The summed E-state index contributed by atoms with van der Waals surface area (Å²) in [6.45, 7) is 4.73. The third-order valence-electron chi connectivity index (χ3n) is 2.37. The van der Waals surface area contributed by atoms with E-state index in [0.717, 1.165) is 26.1 Å². The molecule has 0 aliphatic heterocycles. The number of rotatable bonds is 7. The topological polar surface area (TPSA) is 46.9 Å². The van der Waals surface area contributed by atoms with Gasteiger partial charge in [-0.3, -0.25) is 8.89 Å². The highest BCUT2D eigenvalue weighted by Gasteiger charge is 2.04. The fourth-order valence-electron chi connectivity index (χ4n) is 1.22. The van der Waals surface area contributed by atoms with Crippen molar-refractivity contribution in [2.24, 2.45) is 0 Å². The zero-order chi connectivity index (χ0) is 11.1. The zero-order valence-corrected chi connectivity index (χ0v) is 10.2. The van der Waals surface area contributed by atoms with E-state index in [-0.39, 0.29) is 5.25 Å². The Kier molecular flexibility index (Phi) is 5.57. The first-order chi connectivity index (χ1) is 7.20. The molecule has 0 amide bonds. The molecule has 0 saturated carbocycles. The van der Waals surface area contributed by atoms with Crippen LogP contribution in [0.3, 0.4) is 0 Å². The SMILES string of the molecule is CC(CCNCCn1cccn1)S(C)=O. The van der Waals surface area contributed by atoms with Gasteiger partial charge in [0.1, 0.15) is 0 Å². The third-order valence-corrected chi connectivity index (χ3v) is 3.74. The Balaban J connectivity index is 2.00. The lowest BCUT2D eigenvalue weighted by Crippen LogP contribution is -2.24. The van der Waals surface area contributed by atoms with Crippen LogP contribution in [-0.4, -0.2) is 38.6 Å². The Morgan fingerprint density at radius 1 is 1.53 bits per heavy atom. The molecule has 0 spiro atoms. The summed E-state index contributed by atoms with van der Waals surface area (Å²) in [6.07, 6.45) is 6.45. The van der Waals surface area contributed by atoms with Gasteiger partial charge in [-0.25, -0.2) is 0 Å². The van der Waals surface area contributed by atoms with Crippen LogP contribution in [0.15, 0.2) is 18.5 Å². The van der Waals surface area contributed by atoms with Crippen LogP contribution in [-0.2, 0) is 17.3 Å². The molecule has 15 heavy (non-hydrogen) atoms. The molecule has 1 heterocycles. The van der Waals surface area contributed by atoms with Crippen molar-refractivity contribution in [3.63, 3.8) is 0 Å². The van der Waals surface area contributed by atoms with Gasteiger partial charge in [-0.2, -0.15) is 5.10 Å². The van der Waals surface area contributed by atoms with Gasteiger partial charge < -0.3 is 5.32 Å². The second-order valence-electron chi connectivity index (χ2n) is 3.62. The molecule has 1 aromatic rings. The van der Waals surface area contributed by atoms with E-state index in [1.165, 1.54) is 0 Å². The van der Waals surface area contributed by atoms with Crippen LogP contribution in [0.2, 0.25) is 0 Å². The van der Waals surface area contributed by atoms with Crippen molar-refractivity contribution < 1.29 is 4.21 Å². The average molecular weight is 229 g/mol. The first-order valence-electron chi connectivity index (χ1n) is 5.20. The Morgan fingerprint density at radius 3 is 2.93 bits per heavy atom. The quantitative estimate of drug-likeness (QED) is 0.698. The lowest BCUT2D eigenvalue weighted by molar-refractivity contribution is 0.545. The lowest BCUT2D eigenvalue weighted by atomic mass is 10.3. The van der Waals surface area contributed by atoms with Gasteiger partial charge in [0.2, 0.25) is 0 Å². The van der Waals surface area contributed by atoms with Crippen LogP contribution in [0.5, 0.6) is 0 Å². The predicted molar refractivity (Wildman–Crippen MR) is 63.2 cm³/mol. The molecule has 2 unspecified atom stereocenters. The largest absolute Gasteiger partial charge is 0.315 e. The maximum atomic E-state index is 11.1. The summed E-state index contributed by atoms with van der Waals surface area (Å²) in [5.74, 6) is 0. The molecule has 5 heteroatoms. The van der Waals surface area contributed by atoms with Gasteiger partial charge in [0.25, 0.3) is 0 Å². The Morgan fingerprint density at radius 2 is 2.33 bits per heavy atom. The summed E-state index contributed by atoms with van der Waals surface area (Å²) in [7, 11) is -0.703. The highest BCUT2D eigenvalue weighted by atomic mass is 32.2. The van der Waals surface area contributed by atoms with Crippen molar-refractivity contribution >= 4 is 10.8 Å². The highest BCUT2D eigenvalue weighted by molar-refractivity contribution is 7.84. The minimum absolute atomic E-state index is 0.280. The number of aromatic nitrogens is 2. The maximum Gasteiger partial charge on any atom is 0.0533 e. The second-order valence-corrected chi connectivity index (χ2v) is 5.42. The lowest BCUT2D eigenvalue weighted by Gasteiger charge is -2.09. The van der Waals surface area contributed by atoms with E-state index in [2.05, 4.69) is 10.4 Å². The van der Waals surface area contributed by atoms with Crippen molar-refractivity contribution in [1.82, 2.24) is 15.1 Å². The summed E-state index contributed by atoms with van der Waals surface area (Å²) < 4.78 is 13.0. The van der Waals surface area contributed by atoms with E-state index in [0.29, 0.717) is 0 Å². The molecule has 0 fully saturated rings. The van der Waals surface area contributed by atoms with E-state index in [4.69, 9.17) is 0 Å². The average Bonchev–Trinajstić information content (AvgIpc) is 2.69. The molecular weight excluding hydrogens is 210 g/mol. The molecule has 0 aliphatic carbocycles. The summed E-state index contributed by atoms with van der Waals surface area (Å²) in [5, 5.41) is 7.70. The second kappa shape index (κ2) is 6.74. The smallest absolute Gasteiger partial charge is 0.0533 e. The minimum atomic E-state index is -0.703. The van der Waals surface area contributed by atoms with E-state index in [1.54, 1.807) is 12.5 Å². The van der Waals surface area contributed by atoms with E-state index >= 15 is 0 Å². The summed E-state index contributed by atoms with van der Waals surface area (Å²) in [6, 6.07) is 1.92. The van der Waals surface area contributed by atoms with Gasteiger partial charge in [0, 0.05) is 41.2 Å². The van der Waals surface area contributed by atoms with Crippen molar-refractivity contribution in [2.45, 2.75) is 25.1 Å². The normalized spacial score (nSPS) is 15.1. The molecule has 0 saturated heterocycles. The molecule has 0 radical (unpaired) electrons. The van der Waals surface area contributed by atoms with Crippen LogP contribution < -0.4 is 5.32 Å². The van der Waals surface area contributed by atoms with Gasteiger partial charge in [0.15, 0.2) is 0 Å². The van der Waals surface area contributed by atoms with Gasteiger partial charge >= 0.3 is 0 Å². The molecule has 0 aromatic carbocycles. The number of hydrogen-bond donors (Lipinski definition) is 1. The Hall–Kier alpha value is -0.680. The van der Waals surface area contributed by atoms with Crippen molar-refractivity contribution in [3.8, 4) is 0 Å². The number of nitrogens with one attached hydrogen (secondary N) is 1.